The molecule has 0 bridgehead atoms. The lowest BCUT2D eigenvalue weighted by Crippen LogP contribution is -2.36. The average molecular weight is 389 g/mol. The maximum Gasteiger partial charge on any atom is 0.191 e. The van der Waals surface area contributed by atoms with Crippen LogP contribution in [-0.2, 0) is 25.4 Å². The lowest BCUT2D eigenvalue weighted by atomic mass is 10.1. The maximum absolute atomic E-state index is 13.5. The Morgan fingerprint density at radius 2 is 1.67 bits per heavy atom. The van der Waals surface area contributed by atoms with Crippen molar-refractivity contribution in [3.8, 4) is 0 Å². The predicted octanol–water partition coefficient (Wildman–Crippen LogP) is 3.62. The smallest absolute Gasteiger partial charge is 0.191 e. The van der Waals surface area contributed by atoms with Crippen LogP contribution in [0, 0.1) is 5.82 Å². The van der Waals surface area contributed by atoms with Gasteiger partial charge in [0.2, 0.25) is 0 Å². The van der Waals surface area contributed by atoms with Crippen LogP contribution in [0.5, 0.6) is 0 Å². The number of nitrogens with zero attached hydrogens (tertiary/aromatic N) is 2. The molecular formula is C21H29FN4S. The summed E-state index contributed by atoms with van der Waals surface area (Å²) in [5.74, 6) is 1.33. The third kappa shape index (κ3) is 7.23. The molecule has 0 amide bonds. The van der Waals surface area contributed by atoms with Gasteiger partial charge < -0.3 is 15.5 Å². The molecule has 2 N–H and O–H groups in total. The summed E-state index contributed by atoms with van der Waals surface area (Å²) >= 11 is 1.69. The van der Waals surface area contributed by atoms with Crippen LogP contribution in [0.4, 0.5) is 4.39 Å². The van der Waals surface area contributed by atoms with Crippen LogP contribution in [-0.4, -0.2) is 38.3 Å². The van der Waals surface area contributed by atoms with Crippen molar-refractivity contribution in [2.45, 2.75) is 25.4 Å². The molecule has 0 saturated carbocycles. The fraction of sp³-hybridized carbons (Fsp3) is 0.381. The van der Waals surface area contributed by atoms with E-state index < -0.39 is 0 Å². The first-order valence-electron chi connectivity index (χ1n) is 8.95. The molecule has 0 aliphatic heterocycles. The molecule has 27 heavy (non-hydrogen) atoms. The Balaban J connectivity index is 1.89. The van der Waals surface area contributed by atoms with Gasteiger partial charge in [0.25, 0.3) is 0 Å². The van der Waals surface area contributed by atoms with Crippen molar-refractivity contribution in [2.24, 2.45) is 4.99 Å². The highest BCUT2D eigenvalue weighted by molar-refractivity contribution is 7.97. The number of hydrogen-bond donors (Lipinski definition) is 2. The first-order chi connectivity index (χ1) is 13.0. The molecular weight excluding hydrogens is 359 g/mol. The summed E-state index contributed by atoms with van der Waals surface area (Å²) in [7, 11) is 5.89. The van der Waals surface area contributed by atoms with Gasteiger partial charge in [-0.15, -0.1) is 0 Å². The third-order valence-electron chi connectivity index (χ3n) is 4.12. The molecule has 0 heterocycles. The molecule has 0 atom stereocenters. The molecule has 2 rings (SSSR count). The van der Waals surface area contributed by atoms with Crippen molar-refractivity contribution in [1.29, 1.82) is 0 Å². The average Bonchev–Trinajstić information content (AvgIpc) is 2.64. The highest BCUT2D eigenvalue weighted by Crippen LogP contribution is 2.16. The summed E-state index contributed by atoms with van der Waals surface area (Å²) < 4.78 is 13.5. The number of nitrogens with one attached hydrogen (secondary N) is 2. The Morgan fingerprint density at radius 3 is 2.30 bits per heavy atom. The second kappa shape index (κ2) is 10.9. The number of aliphatic imine (C=N–C) groups is 1. The zero-order valence-corrected chi connectivity index (χ0v) is 17.4. The molecule has 0 spiro atoms. The molecule has 4 nitrogen and oxygen atoms in total. The predicted molar refractivity (Wildman–Crippen MR) is 114 cm³/mol. The molecule has 2 aromatic rings. The van der Waals surface area contributed by atoms with Gasteiger partial charge in [-0.2, -0.15) is 11.8 Å². The molecule has 0 unspecified atom stereocenters. The molecule has 2 aromatic carbocycles. The van der Waals surface area contributed by atoms with Crippen LogP contribution >= 0.6 is 11.8 Å². The Bertz CT molecular complexity index is 744. The largest absolute Gasteiger partial charge is 0.352 e. The minimum Gasteiger partial charge on any atom is -0.352 e. The summed E-state index contributed by atoms with van der Waals surface area (Å²) in [4.78, 5) is 6.43. The van der Waals surface area contributed by atoms with Gasteiger partial charge in [-0.05, 0) is 54.7 Å². The van der Waals surface area contributed by atoms with E-state index >= 15 is 0 Å². The van der Waals surface area contributed by atoms with E-state index in [0.29, 0.717) is 13.1 Å². The van der Waals surface area contributed by atoms with E-state index in [2.05, 4.69) is 58.9 Å². The second-order valence-electron chi connectivity index (χ2n) is 6.68. The minimum atomic E-state index is -0.192. The van der Waals surface area contributed by atoms with Crippen molar-refractivity contribution < 1.29 is 4.39 Å². The number of guanidine groups is 1. The van der Waals surface area contributed by atoms with Crippen LogP contribution in [0.1, 0.15) is 22.3 Å². The fourth-order valence-corrected chi connectivity index (χ4v) is 3.35. The summed E-state index contributed by atoms with van der Waals surface area (Å²) in [5, 5.41) is 6.64. The number of thioether (sulfide) groups is 1. The van der Waals surface area contributed by atoms with E-state index in [9.17, 15) is 4.39 Å². The number of rotatable bonds is 8. The lowest BCUT2D eigenvalue weighted by molar-refractivity contribution is 0.402. The van der Waals surface area contributed by atoms with Gasteiger partial charge in [0.1, 0.15) is 5.82 Å². The summed E-state index contributed by atoms with van der Waals surface area (Å²) in [5.41, 5.74) is 4.60. The molecule has 0 saturated heterocycles. The van der Waals surface area contributed by atoms with Crippen LogP contribution < -0.4 is 10.6 Å². The Hall–Kier alpha value is -2.05. The van der Waals surface area contributed by atoms with Gasteiger partial charge in [-0.3, -0.25) is 4.99 Å². The van der Waals surface area contributed by atoms with Gasteiger partial charge in [0.15, 0.2) is 5.96 Å². The topological polar surface area (TPSA) is 39.7 Å². The molecule has 0 aliphatic carbocycles. The third-order valence-corrected chi connectivity index (χ3v) is 4.72. The molecule has 0 aliphatic rings. The summed E-state index contributed by atoms with van der Waals surface area (Å²) in [6.07, 6.45) is 2.02. The van der Waals surface area contributed by atoms with Crippen LogP contribution in [0.15, 0.2) is 47.5 Å². The molecule has 146 valence electrons. The first kappa shape index (κ1) is 21.3. The summed E-state index contributed by atoms with van der Waals surface area (Å²) in [6, 6.07) is 13.5. The van der Waals surface area contributed by atoms with Crippen molar-refractivity contribution in [1.82, 2.24) is 15.5 Å². The van der Waals surface area contributed by atoms with E-state index in [0.717, 1.165) is 29.4 Å². The first-order valence-corrected chi connectivity index (χ1v) is 10.3. The Labute approximate surface area is 166 Å². The van der Waals surface area contributed by atoms with Crippen molar-refractivity contribution >= 4 is 17.7 Å². The number of hydrogen-bond acceptors (Lipinski definition) is 3. The zero-order chi connectivity index (χ0) is 19.6. The molecule has 0 radical (unpaired) electrons. The highest BCUT2D eigenvalue weighted by atomic mass is 32.2. The maximum atomic E-state index is 13.5. The normalized spacial score (nSPS) is 11.7. The van der Waals surface area contributed by atoms with Crippen molar-refractivity contribution in [3.63, 3.8) is 0 Å². The van der Waals surface area contributed by atoms with E-state index in [1.54, 1.807) is 24.9 Å². The minimum absolute atomic E-state index is 0.192. The number of halogens is 1. The quantitative estimate of drug-likeness (QED) is 0.535. The van der Waals surface area contributed by atoms with Gasteiger partial charge in [-0.25, -0.2) is 4.39 Å². The van der Waals surface area contributed by atoms with E-state index in [-0.39, 0.29) is 5.82 Å². The zero-order valence-electron chi connectivity index (χ0n) is 16.6. The van der Waals surface area contributed by atoms with Gasteiger partial charge in [0, 0.05) is 32.4 Å². The SMILES string of the molecule is CN=C(NCc1ccc(CN(C)C)cc1)NCc1ccc(F)cc1CSC. The van der Waals surface area contributed by atoms with E-state index in [1.165, 1.54) is 17.2 Å². The summed E-state index contributed by atoms with van der Waals surface area (Å²) in [6.45, 7) is 2.24. The van der Waals surface area contributed by atoms with Crippen LogP contribution in [0.2, 0.25) is 0 Å². The molecule has 6 heteroatoms. The number of benzene rings is 2. The molecule has 0 fully saturated rings. The van der Waals surface area contributed by atoms with Gasteiger partial charge >= 0.3 is 0 Å². The van der Waals surface area contributed by atoms with E-state index in [1.807, 2.05) is 12.3 Å². The Morgan fingerprint density at radius 1 is 1.00 bits per heavy atom. The molecule has 0 aromatic heterocycles. The van der Waals surface area contributed by atoms with Crippen LogP contribution in [0.3, 0.4) is 0 Å². The van der Waals surface area contributed by atoms with Gasteiger partial charge in [0.05, 0.1) is 0 Å². The lowest BCUT2D eigenvalue weighted by Gasteiger charge is -2.15. The standard InChI is InChI=1S/C21H29FN4S/c1-23-21(24-12-16-5-7-17(8-6-16)14-26(2)3)25-13-18-9-10-20(22)11-19(18)15-27-4/h5-11H,12-15H2,1-4H3,(H2,23,24,25). The second-order valence-corrected chi connectivity index (χ2v) is 7.55. The van der Waals surface area contributed by atoms with Gasteiger partial charge in [-0.1, -0.05) is 30.3 Å². The van der Waals surface area contributed by atoms with Crippen LogP contribution in [0.25, 0.3) is 0 Å². The monoisotopic (exact) mass is 388 g/mol. The highest BCUT2D eigenvalue weighted by Gasteiger charge is 2.06. The fourth-order valence-electron chi connectivity index (χ4n) is 2.77. The Kier molecular flexibility index (Phi) is 8.61. The van der Waals surface area contributed by atoms with Crippen molar-refractivity contribution in [3.05, 3.63) is 70.5 Å². The van der Waals surface area contributed by atoms with E-state index in [4.69, 9.17) is 0 Å². The van der Waals surface area contributed by atoms with Crippen molar-refractivity contribution in [2.75, 3.05) is 27.4 Å².